The van der Waals surface area contributed by atoms with Crippen LogP contribution in [0.4, 0.5) is 5.69 Å². The second-order valence-corrected chi connectivity index (χ2v) is 6.20. The van der Waals surface area contributed by atoms with Crippen molar-refractivity contribution in [1.29, 1.82) is 0 Å². The Morgan fingerprint density at radius 1 is 1.10 bits per heavy atom. The lowest BCUT2D eigenvalue weighted by Gasteiger charge is -2.19. The maximum absolute atomic E-state index is 12.4. The molecule has 1 N–H and O–H groups in total. The summed E-state index contributed by atoms with van der Waals surface area (Å²) in [6, 6.07) is 11.6. The second-order valence-electron chi connectivity index (χ2n) is 6.20. The van der Waals surface area contributed by atoms with E-state index in [2.05, 4.69) is 20.8 Å². The number of benzene rings is 2. The third-order valence-corrected chi connectivity index (χ3v) is 4.18. The Hall–Kier alpha value is -3.95. The molecule has 1 amide bonds. The van der Waals surface area contributed by atoms with E-state index in [-0.39, 0.29) is 0 Å². The molecular weight excluding hydrogens is 378 g/mol. The zero-order valence-corrected chi connectivity index (χ0v) is 15.4. The minimum Gasteiger partial charge on any atom is -0.486 e. The highest BCUT2D eigenvalue weighted by molar-refractivity contribution is 5.97. The highest BCUT2D eigenvalue weighted by atomic mass is 16.6. The number of fused-ring (bicyclic) bond motifs is 1. The quantitative estimate of drug-likeness (QED) is 0.648. The van der Waals surface area contributed by atoms with Crippen LogP contribution in [0.25, 0.3) is 5.69 Å². The van der Waals surface area contributed by atoms with Crippen LogP contribution in [0.2, 0.25) is 0 Å². The molecule has 0 fully saturated rings. The molecule has 0 bridgehead atoms. The number of esters is 1. The fraction of sp³-hybridized carbons (Fsp3) is 0.211. The number of tetrazole rings is 1. The smallest absolute Gasteiger partial charge is 0.338 e. The topological polar surface area (TPSA) is 117 Å². The van der Waals surface area contributed by atoms with Crippen LogP contribution in [0.3, 0.4) is 0 Å². The van der Waals surface area contributed by atoms with Gasteiger partial charge >= 0.3 is 5.97 Å². The van der Waals surface area contributed by atoms with E-state index >= 15 is 0 Å². The predicted molar refractivity (Wildman–Crippen MR) is 100 cm³/mol. The molecule has 4 rings (SSSR count). The molecule has 0 unspecified atom stereocenters. The summed E-state index contributed by atoms with van der Waals surface area (Å²) >= 11 is 0. The molecule has 29 heavy (non-hydrogen) atoms. The summed E-state index contributed by atoms with van der Waals surface area (Å²) in [4.78, 5) is 24.7. The molecule has 3 aromatic rings. The first-order chi connectivity index (χ1) is 14.1. The van der Waals surface area contributed by atoms with Gasteiger partial charge in [0, 0.05) is 11.8 Å². The molecule has 1 aliphatic heterocycles. The van der Waals surface area contributed by atoms with Gasteiger partial charge in [0.2, 0.25) is 0 Å². The Morgan fingerprint density at radius 2 is 1.86 bits per heavy atom. The number of amides is 1. The molecule has 10 heteroatoms. The van der Waals surface area contributed by atoms with Gasteiger partial charge in [0.15, 0.2) is 17.6 Å². The first kappa shape index (κ1) is 18.4. The lowest BCUT2D eigenvalue weighted by Crippen LogP contribution is -2.30. The van der Waals surface area contributed by atoms with Gasteiger partial charge in [-0.05, 0) is 53.7 Å². The molecule has 2 heterocycles. The summed E-state index contributed by atoms with van der Waals surface area (Å²) in [5, 5.41) is 13.6. The minimum absolute atomic E-state index is 0.306. The van der Waals surface area contributed by atoms with E-state index in [0.717, 1.165) is 0 Å². The lowest BCUT2D eigenvalue weighted by atomic mass is 10.2. The Morgan fingerprint density at radius 3 is 2.59 bits per heavy atom. The summed E-state index contributed by atoms with van der Waals surface area (Å²) < 4.78 is 17.7. The normalized spacial score (nSPS) is 13.4. The molecule has 1 aromatic heterocycles. The van der Waals surface area contributed by atoms with Crippen molar-refractivity contribution in [3.8, 4) is 17.2 Å². The average Bonchev–Trinajstić information content (AvgIpc) is 3.28. The van der Waals surface area contributed by atoms with E-state index in [1.54, 1.807) is 42.5 Å². The monoisotopic (exact) mass is 395 g/mol. The Kier molecular flexibility index (Phi) is 5.06. The molecule has 1 aliphatic rings. The predicted octanol–water partition coefficient (Wildman–Crippen LogP) is 1.62. The number of anilines is 1. The van der Waals surface area contributed by atoms with Gasteiger partial charge in [-0.15, -0.1) is 5.10 Å². The van der Waals surface area contributed by atoms with Crippen molar-refractivity contribution in [1.82, 2.24) is 20.2 Å². The van der Waals surface area contributed by atoms with Gasteiger partial charge in [-0.2, -0.15) is 0 Å². The van der Waals surface area contributed by atoms with Crippen molar-refractivity contribution >= 4 is 17.6 Å². The van der Waals surface area contributed by atoms with Crippen LogP contribution in [-0.4, -0.2) is 51.4 Å². The summed E-state index contributed by atoms with van der Waals surface area (Å²) in [5.74, 6) is 0.110. The zero-order chi connectivity index (χ0) is 20.2. The van der Waals surface area contributed by atoms with Gasteiger partial charge in [0.25, 0.3) is 5.91 Å². The fourth-order valence-electron chi connectivity index (χ4n) is 2.68. The highest BCUT2D eigenvalue weighted by Crippen LogP contribution is 2.32. The van der Waals surface area contributed by atoms with E-state index in [1.807, 2.05) is 0 Å². The lowest BCUT2D eigenvalue weighted by molar-refractivity contribution is -0.123. The van der Waals surface area contributed by atoms with Crippen molar-refractivity contribution < 1.29 is 23.8 Å². The number of hydrogen-bond donors (Lipinski definition) is 1. The van der Waals surface area contributed by atoms with Gasteiger partial charge in [-0.25, -0.2) is 9.48 Å². The standard InChI is InChI=1S/C19H17N5O5/c1-12(18(25)21-14-4-7-16-17(10-14)28-9-8-27-16)29-19(26)13-2-5-15(6-3-13)24-11-20-22-23-24/h2-7,10-12H,8-9H2,1H3,(H,21,25)/t12-/m0/s1. The number of carbonyl (C=O) groups is 2. The van der Waals surface area contributed by atoms with E-state index in [4.69, 9.17) is 14.2 Å². The van der Waals surface area contributed by atoms with Gasteiger partial charge in [0.05, 0.1) is 11.3 Å². The van der Waals surface area contributed by atoms with Crippen LogP contribution < -0.4 is 14.8 Å². The van der Waals surface area contributed by atoms with Crippen molar-refractivity contribution in [3.05, 3.63) is 54.4 Å². The average molecular weight is 395 g/mol. The number of nitrogens with zero attached hydrogens (tertiary/aromatic N) is 4. The van der Waals surface area contributed by atoms with Crippen LogP contribution >= 0.6 is 0 Å². The zero-order valence-electron chi connectivity index (χ0n) is 15.4. The fourth-order valence-corrected chi connectivity index (χ4v) is 2.68. The van der Waals surface area contributed by atoms with Crippen molar-refractivity contribution in [2.75, 3.05) is 18.5 Å². The van der Waals surface area contributed by atoms with E-state index in [9.17, 15) is 9.59 Å². The molecule has 2 aromatic carbocycles. The second kappa shape index (κ2) is 7.97. The van der Waals surface area contributed by atoms with E-state index in [0.29, 0.717) is 41.7 Å². The van der Waals surface area contributed by atoms with Crippen molar-refractivity contribution in [2.24, 2.45) is 0 Å². The largest absolute Gasteiger partial charge is 0.486 e. The van der Waals surface area contributed by atoms with Crippen LogP contribution in [-0.2, 0) is 9.53 Å². The molecule has 0 saturated carbocycles. The molecule has 1 atom stereocenters. The first-order valence-corrected chi connectivity index (χ1v) is 8.85. The molecule has 0 saturated heterocycles. The van der Waals surface area contributed by atoms with Gasteiger partial charge in [0.1, 0.15) is 19.5 Å². The summed E-state index contributed by atoms with van der Waals surface area (Å²) in [5.41, 5.74) is 1.52. The molecule has 148 valence electrons. The summed E-state index contributed by atoms with van der Waals surface area (Å²) in [6.45, 7) is 2.44. The minimum atomic E-state index is -0.991. The van der Waals surface area contributed by atoms with Gasteiger partial charge in [-0.1, -0.05) is 0 Å². The molecule has 10 nitrogen and oxygen atoms in total. The van der Waals surface area contributed by atoms with Crippen LogP contribution in [0.5, 0.6) is 11.5 Å². The van der Waals surface area contributed by atoms with Crippen LogP contribution in [0, 0.1) is 0 Å². The number of rotatable bonds is 5. The number of ether oxygens (including phenoxy) is 3. The maximum Gasteiger partial charge on any atom is 0.338 e. The van der Waals surface area contributed by atoms with Gasteiger partial charge in [-0.3, -0.25) is 4.79 Å². The summed E-state index contributed by atoms with van der Waals surface area (Å²) in [6.07, 6.45) is 0.451. The van der Waals surface area contributed by atoms with Crippen molar-refractivity contribution in [3.63, 3.8) is 0 Å². The Labute approximate surface area is 165 Å². The third-order valence-electron chi connectivity index (χ3n) is 4.18. The SMILES string of the molecule is C[C@H](OC(=O)c1ccc(-n2cnnn2)cc1)C(=O)Nc1ccc2c(c1)OCCO2. The number of carbonyl (C=O) groups excluding carboxylic acids is 2. The Balaban J connectivity index is 1.36. The Bertz CT molecular complexity index is 1020. The molecular formula is C19H17N5O5. The number of aromatic nitrogens is 4. The third kappa shape index (κ3) is 4.15. The van der Waals surface area contributed by atoms with Crippen LogP contribution in [0.15, 0.2) is 48.8 Å². The summed E-state index contributed by atoms with van der Waals surface area (Å²) in [7, 11) is 0. The number of hydrogen-bond acceptors (Lipinski definition) is 8. The van der Waals surface area contributed by atoms with E-state index < -0.39 is 18.0 Å². The van der Waals surface area contributed by atoms with Gasteiger partial charge < -0.3 is 19.5 Å². The molecule has 0 radical (unpaired) electrons. The van der Waals surface area contributed by atoms with Crippen LogP contribution in [0.1, 0.15) is 17.3 Å². The first-order valence-electron chi connectivity index (χ1n) is 8.85. The number of nitrogens with one attached hydrogen (secondary N) is 1. The molecule has 0 aliphatic carbocycles. The van der Waals surface area contributed by atoms with E-state index in [1.165, 1.54) is 17.9 Å². The van der Waals surface area contributed by atoms with Crippen molar-refractivity contribution in [2.45, 2.75) is 13.0 Å². The maximum atomic E-state index is 12.4. The highest BCUT2D eigenvalue weighted by Gasteiger charge is 2.20. The molecule has 0 spiro atoms.